The van der Waals surface area contributed by atoms with E-state index in [9.17, 15) is 0 Å². The van der Waals surface area contributed by atoms with Crippen molar-refractivity contribution in [2.45, 2.75) is 6.23 Å². The Labute approximate surface area is 73.7 Å². The Morgan fingerprint density at radius 3 is 2.58 bits per heavy atom. The maximum Gasteiger partial charge on any atom is 0.489 e. The fourth-order valence-electron chi connectivity index (χ4n) is 1.57. The summed E-state index contributed by atoms with van der Waals surface area (Å²) in [6.45, 7) is 5.10. The third-order valence-electron chi connectivity index (χ3n) is 2.46. The zero-order chi connectivity index (χ0) is 8.39. The highest BCUT2D eigenvalue weighted by molar-refractivity contribution is 6.18. The molecule has 0 bridgehead atoms. The van der Waals surface area contributed by atoms with E-state index in [1.165, 1.54) is 7.69 Å². The lowest BCUT2D eigenvalue weighted by Crippen LogP contribution is -2.49. The van der Waals surface area contributed by atoms with Gasteiger partial charge in [0.2, 0.25) is 0 Å². The molecule has 0 aromatic heterocycles. The van der Waals surface area contributed by atoms with E-state index in [-0.39, 0.29) is 6.23 Å². The standard InChI is InChI=1S/C7H14BN2O2/c1-9-2-4-10(5-3-9)7-6-11-8-12-7/h7H,2-6H2,1H3. The molecule has 0 aromatic rings. The number of hydrogen-bond donors (Lipinski definition) is 0. The minimum absolute atomic E-state index is 0.165. The molecular formula is C7H14BN2O2. The molecule has 0 spiro atoms. The van der Waals surface area contributed by atoms with Gasteiger partial charge in [-0.1, -0.05) is 0 Å². The molecule has 2 heterocycles. The van der Waals surface area contributed by atoms with Crippen LogP contribution >= 0.6 is 0 Å². The van der Waals surface area contributed by atoms with Crippen molar-refractivity contribution in [2.75, 3.05) is 39.8 Å². The van der Waals surface area contributed by atoms with Gasteiger partial charge in [0.15, 0.2) is 0 Å². The summed E-state index contributed by atoms with van der Waals surface area (Å²) in [7, 11) is 3.60. The molecule has 0 saturated carbocycles. The van der Waals surface area contributed by atoms with E-state index < -0.39 is 0 Å². The largest absolute Gasteiger partial charge is 0.489 e. The fourth-order valence-corrected chi connectivity index (χ4v) is 1.57. The zero-order valence-corrected chi connectivity index (χ0v) is 7.40. The molecule has 12 heavy (non-hydrogen) atoms. The van der Waals surface area contributed by atoms with Crippen molar-refractivity contribution in [3.05, 3.63) is 0 Å². The Kier molecular flexibility index (Phi) is 2.65. The summed E-state index contributed by atoms with van der Waals surface area (Å²) in [5.74, 6) is 0. The van der Waals surface area contributed by atoms with Crippen molar-refractivity contribution < 1.29 is 9.31 Å². The molecule has 4 nitrogen and oxygen atoms in total. The highest BCUT2D eigenvalue weighted by Crippen LogP contribution is 2.10. The molecule has 2 aliphatic rings. The number of piperazine rings is 1. The summed E-state index contributed by atoms with van der Waals surface area (Å²) >= 11 is 0. The van der Waals surface area contributed by atoms with Crippen molar-refractivity contribution in [1.29, 1.82) is 0 Å². The predicted octanol–water partition coefficient (Wildman–Crippen LogP) is -0.859. The predicted molar refractivity (Wildman–Crippen MR) is 45.6 cm³/mol. The number of nitrogens with zero attached hydrogens (tertiary/aromatic N) is 2. The molecule has 2 saturated heterocycles. The maximum absolute atomic E-state index is 5.29. The lowest BCUT2D eigenvalue weighted by molar-refractivity contribution is 0.00998. The first-order valence-corrected chi connectivity index (χ1v) is 4.37. The second kappa shape index (κ2) is 3.74. The number of likely N-dealkylation sites (N-methyl/N-ethyl adjacent to an activating group) is 1. The van der Waals surface area contributed by atoms with Crippen LogP contribution in [-0.4, -0.2) is 63.5 Å². The van der Waals surface area contributed by atoms with Crippen molar-refractivity contribution in [2.24, 2.45) is 0 Å². The third kappa shape index (κ3) is 1.80. The molecule has 5 heteroatoms. The van der Waals surface area contributed by atoms with E-state index in [4.69, 9.17) is 9.31 Å². The van der Waals surface area contributed by atoms with Gasteiger partial charge in [-0.15, -0.1) is 0 Å². The van der Waals surface area contributed by atoms with Crippen LogP contribution in [0.2, 0.25) is 0 Å². The van der Waals surface area contributed by atoms with Crippen LogP contribution in [-0.2, 0) is 9.31 Å². The molecule has 1 atom stereocenters. The Hall–Kier alpha value is -0.0951. The van der Waals surface area contributed by atoms with E-state index in [1.54, 1.807) is 0 Å². The molecule has 67 valence electrons. The molecule has 2 rings (SSSR count). The van der Waals surface area contributed by atoms with Gasteiger partial charge in [0.1, 0.15) is 6.23 Å². The quantitative estimate of drug-likeness (QED) is 0.477. The number of hydrogen-bond acceptors (Lipinski definition) is 4. The Morgan fingerprint density at radius 1 is 1.25 bits per heavy atom. The van der Waals surface area contributed by atoms with Crippen molar-refractivity contribution >= 4 is 7.69 Å². The second-order valence-corrected chi connectivity index (χ2v) is 3.36. The lowest BCUT2D eigenvalue weighted by Gasteiger charge is -2.35. The summed E-state index contributed by atoms with van der Waals surface area (Å²) in [6.07, 6.45) is 0.165. The molecule has 0 aromatic carbocycles. The summed E-state index contributed by atoms with van der Waals surface area (Å²) < 4.78 is 10.3. The molecule has 1 radical (unpaired) electrons. The molecule has 2 fully saturated rings. The van der Waals surface area contributed by atoms with Crippen molar-refractivity contribution in [1.82, 2.24) is 9.80 Å². The van der Waals surface area contributed by atoms with E-state index in [2.05, 4.69) is 16.8 Å². The summed E-state index contributed by atoms with van der Waals surface area (Å²) in [5, 5.41) is 0. The first kappa shape index (κ1) is 8.50. The monoisotopic (exact) mass is 169 g/mol. The van der Waals surface area contributed by atoms with Gasteiger partial charge in [0, 0.05) is 26.2 Å². The SMILES string of the molecule is CN1CCN(C2CO[B]O2)CC1. The van der Waals surface area contributed by atoms with Gasteiger partial charge in [-0.25, -0.2) is 0 Å². The van der Waals surface area contributed by atoms with Crippen LogP contribution in [0.25, 0.3) is 0 Å². The Bertz CT molecular complexity index is 144. The first-order valence-electron chi connectivity index (χ1n) is 4.37. The molecule has 1 unspecified atom stereocenters. The smallest absolute Gasteiger partial charge is 0.409 e. The van der Waals surface area contributed by atoms with Crippen molar-refractivity contribution in [3.8, 4) is 0 Å². The average Bonchev–Trinajstić information content (AvgIpc) is 2.58. The highest BCUT2D eigenvalue weighted by atomic mass is 16.6. The summed E-state index contributed by atoms with van der Waals surface area (Å²) in [5.41, 5.74) is 0. The highest BCUT2D eigenvalue weighted by Gasteiger charge is 2.27. The fraction of sp³-hybridized carbons (Fsp3) is 1.00. The maximum atomic E-state index is 5.29. The Balaban J connectivity index is 1.80. The van der Waals surface area contributed by atoms with Crippen LogP contribution in [0.5, 0.6) is 0 Å². The topological polar surface area (TPSA) is 24.9 Å². The molecule has 0 amide bonds. The van der Waals surface area contributed by atoms with Crippen LogP contribution in [0.4, 0.5) is 0 Å². The molecule has 0 aliphatic carbocycles. The van der Waals surface area contributed by atoms with Crippen LogP contribution < -0.4 is 0 Å². The van der Waals surface area contributed by atoms with Gasteiger partial charge >= 0.3 is 7.69 Å². The normalized spacial score (nSPS) is 33.6. The lowest BCUT2D eigenvalue weighted by atomic mass is 10.3. The average molecular weight is 169 g/mol. The van der Waals surface area contributed by atoms with Gasteiger partial charge in [-0.2, -0.15) is 0 Å². The second-order valence-electron chi connectivity index (χ2n) is 3.36. The van der Waals surface area contributed by atoms with Gasteiger partial charge < -0.3 is 14.2 Å². The van der Waals surface area contributed by atoms with Crippen LogP contribution in [0.15, 0.2) is 0 Å². The summed E-state index contributed by atoms with van der Waals surface area (Å²) in [4.78, 5) is 4.65. The minimum atomic E-state index is 0.165. The van der Waals surface area contributed by atoms with Crippen LogP contribution in [0, 0.1) is 0 Å². The zero-order valence-electron chi connectivity index (χ0n) is 7.40. The van der Waals surface area contributed by atoms with Gasteiger partial charge in [0.05, 0.1) is 6.61 Å². The first-order chi connectivity index (χ1) is 5.86. The van der Waals surface area contributed by atoms with Crippen LogP contribution in [0.1, 0.15) is 0 Å². The van der Waals surface area contributed by atoms with Crippen LogP contribution in [0.3, 0.4) is 0 Å². The third-order valence-corrected chi connectivity index (χ3v) is 2.46. The van der Waals surface area contributed by atoms with Gasteiger partial charge in [0.25, 0.3) is 0 Å². The minimum Gasteiger partial charge on any atom is -0.409 e. The summed E-state index contributed by atoms with van der Waals surface area (Å²) in [6, 6.07) is 0. The Morgan fingerprint density at radius 2 is 2.00 bits per heavy atom. The molecule has 2 aliphatic heterocycles. The van der Waals surface area contributed by atoms with E-state index >= 15 is 0 Å². The van der Waals surface area contributed by atoms with Gasteiger partial charge in [-0.05, 0) is 7.05 Å². The van der Waals surface area contributed by atoms with E-state index in [1.807, 2.05) is 0 Å². The molecular weight excluding hydrogens is 155 g/mol. The van der Waals surface area contributed by atoms with Crippen molar-refractivity contribution in [3.63, 3.8) is 0 Å². The van der Waals surface area contributed by atoms with E-state index in [0.29, 0.717) is 6.61 Å². The van der Waals surface area contributed by atoms with E-state index in [0.717, 1.165) is 26.2 Å². The molecule has 0 N–H and O–H groups in total. The van der Waals surface area contributed by atoms with Gasteiger partial charge in [-0.3, -0.25) is 4.90 Å². The number of rotatable bonds is 1.